The summed E-state index contributed by atoms with van der Waals surface area (Å²) in [5, 5.41) is 11.9. The molecule has 0 bridgehead atoms. The fraction of sp³-hybridized carbons (Fsp3) is 0.108. The van der Waals surface area contributed by atoms with Crippen molar-refractivity contribution in [2.24, 2.45) is 0 Å². The van der Waals surface area contributed by atoms with Crippen LogP contribution in [-0.2, 0) is 26.5 Å². The maximum atomic E-state index is 9.61. The van der Waals surface area contributed by atoms with Gasteiger partial charge in [-0.15, -0.1) is 59.6 Å². The molecule has 12 rings (SSSR count). The Bertz CT molecular complexity index is 4000. The molecule has 9 heteroatoms. The van der Waals surface area contributed by atoms with Crippen LogP contribution in [-0.4, -0.2) is 9.55 Å². The molecule has 0 atom stereocenters. The number of benzene rings is 8. The summed E-state index contributed by atoms with van der Waals surface area (Å²) in [4.78, 5) is 13.0. The summed E-state index contributed by atoms with van der Waals surface area (Å²) < 4.78 is 11.7. The molecule has 0 saturated carbocycles. The molecule has 0 N–H and O–H groups in total. The van der Waals surface area contributed by atoms with Gasteiger partial charge in [0.05, 0.1) is 23.7 Å². The number of ether oxygens (including phenoxy) is 1. The van der Waals surface area contributed by atoms with Crippen LogP contribution in [0.1, 0.15) is 48.6 Å². The number of anilines is 4. The molecule has 1 aliphatic rings. The predicted octanol–water partition coefficient (Wildman–Crippen LogP) is 17.8. The molecule has 0 radical (unpaired) electrons. The molecule has 11 aromatic rings. The second-order valence-corrected chi connectivity index (χ2v) is 20.9. The van der Waals surface area contributed by atoms with Gasteiger partial charge < -0.3 is 19.1 Å². The molecule has 362 valence electrons. The third-order valence-corrected chi connectivity index (χ3v) is 15.0. The van der Waals surface area contributed by atoms with Gasteiger partial charge in [0.25, 0.3) is 0 Å². The quantitative estimate of drug-likeness (QED) is 0.142. The number of fused-ring (bicyclic) bond motifs is 6. The molecule has 1 aliphatic heterocycles. The van der Waals surface area contributed by atoms with E-state index >= 15 is 0 Å². The van der Waals surface area contributed by atoms with Crippen molar-refractivity contribution < 1.29 is 25.8 Å². The van der Waals surface area contributed by atoms with Gasteiger partial charge in [0, 0.05) is 70.6 Å². The van der Waals surface area contributed by atoms with Crippen molar-refractivity contribution in [3.63, 3.8) is 0 Å². The summed E-state index contributed by atoms with van der Waals surface area (Å²) in [5.41, 5.74) is 17.7. The van der Waals surface area contributed by atoms with Crippen LogP contribution < -0.4 is 14.5 Å². The average molecular weight is 1160 g/mol. The van der Waals surface area contributed by atoms with Gasteiger partial charge >= 0.3 is 0 Å². The molecule has 0 amide bonds. The Morgan fingerprint density at radius 3 is 2.04 bits per heavy atom. The van der Waals surface area contributed by atoms with Gasteiger partial charge in [0.2, 0.25) is 0 Å². The standard InChI is InChI=1S/C65H47N6OS.Pt/c1-40-28-41(2)62(42(3)29-40)48-33-52(36-54(34-48)72-53-24-25-55-59(37-53)71(61-35-49(26-27-68-61)65(4,5)6)63-56-12-8-11-15-60(56)73-64(55)63)70-39-69(57-13-9-10-14-58(57)70)51-31-46(44-18-16-43(38-66)17-19-44)30-47(32-51)45-20-22-50(67-7)23-21-45;/h8-35,39H,1-6H3;/q-3;. The Balaban J connectivity index is 0.00000588. The zero-order chi connectivity index (χ0) is 50.1. The number of nitriles is 1. The number of rotatable bonds is 8. The minimum absolute atomic E-state index is 0. The first-order chi connectivity index (χ1) is 35.4. The maximum absolute atomic E-state index is 9.61. The fourth-order valence-electron chi connectivity index (χ4n) is 10.3. The van der Waals surface area contributed by atoms with E-state index in [9.17, 15) is 5.26 Å². The van der Waals surface area contributed by atoms with Crippen molar-refractivity contribution in [1.82, 2.24) is 9.55 Å². The Kier molecular flexibility index (Phi) is 12.3. The minimum Gasteiger partial charge on any atom is -0.509 e. The zero-order valence-corrected chi connectivity index (χ0v) is 44.6. The number of thiophene rings is 1. The summed E-state index contributed by atoms with van der Waals surface area (Å²) in [6, 6.07) is 65.9. The molecule has 0 spiro atoms. The van der Waals surface area contributed by atoms with Crippen molar-refractivity contribution in [1.29, 1.82) is 5.26 Å². The predicted molar refractivity (Wildman–Crippen MR) is 300 cm³/mol. The largest absolute Gasteiger partial charge is 0.509 e. The number of nitrogens with zero attached hydrogens (tertiary/aromatic N) is 6. The van der Waals surface area contributed by atoms with E-state index in [2.05, 4.69) is 195 Å². The van der Waals surface area contributed by atoms with Crippen LogP contribution in [0.2, 0.25) is 0 Å². The third-order valence-electron chi connectivity index (χ3n) is 13.8. The van der Waals surface area contributed by atoms with Crippen LogP contribution >= 0.6 is 11.3 Å². The summed E-state index contributed by atoms with van der Waals surface area (Å²) >= 11 is 1.79. The molecule has 74 heavy (non-hydrogen) atoms. The van der Waals surface area contributed by atoms with E-state index in [4.69, 9.17) is 16.3 Å². The van der Waals surface area contributed by atoms with Gasteiger partial charge in [-0.2, -0.15) is 11.3 Å². The first-order valence-electron chi connectivity index (χ1n) is 24.2. The molecular weight excluding hydrogens is 1110 g/mol. The molecule has 8 aromatic carbocycles. The molecule has 0 fully saturated rings. The summed E-state index contributed by atoms with van der Waals surface area (Å²) in [6.45, 7) is 22.9. The topological polar surface area (TPSA) is 61.7 Å². The maximum Gasteiger partial charge on any atom is 0.187 e. The van der Waals surface area contributed by atoms with E-state index in [0.717, 1.165) is 78.4 Å². The van der Waals surface area contributed by atoms with E-state index in [-0.39, 0.29) is 26.5 Å². The van der Waals surface area contributed by atoms with Crippen molar-refractivity contribution in [2.75, 3.05) is 9.80 Å². The number of aromatic nitrogens is 2. The monoisotopic (exact) mass is 1150 g/mol. The van der Waals surface area contributed by atoms with E-state index < -0.39 is 0 Å². The van der Waals surface area contributed by atoms with E-state index in [0.29, 0.717) is 22.7 Å². The summed E-state index contributed by atoms with van der Waals surface area (Å²) in [7, 11) is 0. The molecular formula is C65H47N6OPtS-3. The zero-order valence-electron chi connectivity index (χ0n) is 41.6. The Labute approximate surface area is 450 Å². The smallest absolute Gasteiger partial charge is 0.187 e. The molecule has 3 aromatic heterocycles. The van der Waals surface area contributed by atoms with Crippen molar-refractivity contribution in [3.8, 4) is 56.8 Å². The molecule has 7 nitrogen and oxygen atoms in total. The SMILES string of the molecule is [C-]#[N+]c1ccc(-c2cc(-c3ccc(C#N)cc3)cc(N3[CH-]N(c4[c-]c(Oc5[c-]c6c(cc5)c5sc7ccccc7c5n6-c5cc(C(C)(C)C)ccn5)cc(-c5c(C)cc(C)cc5C)c4)c4ccccc43)c2)cc1.[Pt]. The van der Waals surface area contributed by atoms with E-state index in [1.54, 1.807) is 11.3 Å². The minimum atomic E-state index is -0.0718. The van der Waals surface area contributed by atoms with Crippen LogP contribution in [0, 0.1) is 57.5 Å². The number of aryl methyl sites for hydroxylation is 3. The van der Waals surface area contributed by atoms with Crippen LogP contribution in [0.4, 0.5) is 28.4 Å². The second-order valence-electron chi connectivity index (χ2n) is 19.8. The number of para-hydroxylation sites is 2. The number of hydrogen-bond donors (Lipinski definition) is 0. The van der Waals surface area contributed by atoms with E-state index in [1.165, 1.54) is 37.0 Å². The number of pyridine rings is 1. The first kappa shape index (κ1) is 48.0. The summed E-state index contributed by atoms with van der Waals surface area (Å²) in [6.07, 6.45) is 1.91. The molecule has 4 heterocycles. The van der Waals surface area contributed by atoms with Gasteiger partial charge in [0.15, 0.2) is 5.69 Å². The van der Waals surface area contributed by atoms with Crippen molar-refractivity contribution in [2.45, 2.75) is 47.0 Å². The van der Waals surface area contributed by atoms with Gasteiger partial charge in [0.1, 0.15) is 5.82 Å². The molecule has 0 aliphatic carbocycles. The van der Waals surface area contributed by atoms with Crippen LogP contribution in [0.15, 0.2) is 170 Å². The van der Waals surface area contributed by atoms with Crippen LogP contribution in [0.3, 0.4) is 0 Å². The van der Waals surface area contributed by atoms with Crippen molar-refractivity contribution >= 4 is 71.0 Å². The van der Waals surface area contributed by atoms with Gasteiger partial charge in [-0.25, -0.2) is 9.83 Å². The Morgan fingerprint density at radius 2 is 1.35 bits per heavy atom. The van der Waals surface area contributed by atoms with Crippen LogP contribution in [0.5, 0.6) is 11.5 Å². The third kappa shape index (κ3) is 8.61. The Morgan fingerprint density at radius 1 is 0.676 bits per heavy atom. The number of hydrogen-bond acceptors (Lipinski definition) is 6. The summed E-state index contributed by atoms with van der Waals surface area (Å²) in [5.74, 6) is 1.96. The normalized spacial score (nSPS) is 12.2. The first-order valence-corrected chi connectivity index (χ1v) is 25.1. The van der Waals surface area contributed by atoms with Gasteiger partial charge in [-0.1, -0.05) is 116 Å². The fourth-order valence-corrected chi connectivity index (χ4v) is 11.6. The average Bonchev–Trinajstić information content (AvgIpc) is 4.07. The van der Waals surface area contributed by atoms with Crippen LogP contribution in [0.25, 0.3) is 75.2 Å². The van der Waals surface area contributed by atoms with E-state index in [1.807, 2.05) is 60.8 Å². The molecule has 0 saturated heterocycles. The second kappa shape index (κ2) is 19.0. The van der Waals surface area contributed by atoms with Gasteiger partial charge in [-0.05, 0) is 131 Å². The molecule has 0 unspecified atom stereocenters. The van der Waals surface area contributed by atoms with Gasteiger partial charge in [-0.3, -0.25) is 0 Å². The Hall–Kier alpha value is -8.26. The van der Waals surface area contributed by atoms with Crippen molar-refractivity contribution in [3.05, 3.63) is 228 Å².